The van der Waals surface area contributed by atoms with Crippen LogP contribution < -0.4 is 10.6 Å². The molecule has 1 heterocycles. The van der Waals surface area contributed by atoms with Gasteiger partial charge in [-0.2, -0.15) is 13.2 Å². The van der Waals surface area contributed by atoms with Crippen molar-refractivity contribution in [2.24, 2.45) is 5.73 Å². The lowest BCUT2D eigenvalue weighted by molar-refractivity contribution is -0.138. The van der Waals surface area contributed by atoms with Gasteiger partial charge in [-0.25, -0.2) is 0 Å². The third-order valence-electron chi connectivity index (χ3n) is 3.57. The molecule has 0 aromatic heterocycles. The van der Waals surface area contributed by atoms with Gasteiger partial charge in [0.05, 0.1) is 5.56 Å². The lowest BCUT2D eigenvalue weighted by Crippen LogP contribution is -2.28. The van der Waals surface area contributed by atoms with E-state index in [4.69, 9.17) is 5.73 Å². The zero-order chi connectivity index (χ0) is 13.3. The molecule has 2 N–H and O–H groups in total. The summed E-state index contributed by atoms with van der Waals surface area (Å²) in [5.74, 6) is 0. The van der Waals surface area contributed by atoms with Crippen molar-refractivity contribution in [3.63, 3.8) is 0 Å². The Morgan fingerprint density at radius 2 is 2.11 bits per heavy atom. The fraction of sp³-hybridized carbons (Fsp3) is 0.538. The van der Waals surface area contributed by atoms with Gasteiger partial charge >= 0.3 is 6.18 Å². The third kappa shape index (κ3) is 2.32. The van der Waals surface area contributed by atoms with E-state index in [2.05, 4.69) is 0 Å². The summed E-state index contributed by atoms with van der Waals surface area (Å²) in [6.45, 7) is 0.576. The maximum absolute atomic E-state index is 12.9. The number of likely N-dealkylation sites (N-methyl/N-ethyl adjacent to an activating group) is 1. The van der Waals surface area contributed by atoms with Crippen molar-refractivity contribution in [2.45, 2.75) is 31.5 Å². The minimum Gasteiger partial charge on any atom is -0.371 e. The van der Waals surface area contributed by atoms with Gasteiger partial charge in [0.2, 0.25) is 0 Å². The van der Waals surface area contributed by atoms with E-state index in [9.17, 15) is 13.2 Å². The van der Waals surface area contributed by atoms with Gasteiger partial charge in [0.1, 0.15) is 0 Å². The lowest BCUT2D eigenvalue weighted by Gasteiger charge is -2.22. The molecule has 5 heteroatoms. The van der Waals surface area contributed by atoms with Gasteiger partial charge in [0, 0.05) is 18.8 Å². The van der Waals surface area contributed by atoms with Crippen LogP contribution in [0.5, 0.6) is 0 Å². The van der Waals surface area contributed by atoms with E-state index in [1.807, 2.05) is 11.9 Å². The molecule has 1 aromatic rings. The summed E-state index contributed by atoms with van der Waals surface area (Å²) in [6, 6.07) is 4.53. The van der Waals surface area contributed by atoms with Gasteiger partial charge in [-0.3, -0.25) is 0 Å². The van der Waals surface area contributed by atoms with Crippen LogP contribution in [0, 0.1) is 0 Å². The topological polar surface area (TPSA) is 29.3 Å². The monoisotopic (exact) mass is 258 g/mol. The third-order valence-corrected chi connectivity index (χ3v) is 3.57. The highest BCUT2D eigenvalue weighted by Gasteiger charge is 2.38. The fourth-order valence-electron chi connectivity index (χ4n) is 2.60. The molecule has 0 radical (unpaired) electrons. The molecule has 0 saturated carbocycles. The Hall–Kier alpha value is -1.23. The number of hydrogen-bond donors (Lipinski definition) is 1. The smallest absolute Gasteiger partial charge is 0.371 e. The summed E-state index contributed by atoms with van der Waals surface area (Å²) in [7, 11) is 1.85. The van der Waals surface area contributed by atoms with Crippen LogP contribution in [0.1, 0.15) is 24.0 Å². The highest BCUT2D eigenvalue weighted by Crippen LogP contribution is 2.41. The van der Waals surface area contributed by atoms with Crippen molar-refractivity contribution in [1.82, 2.24) is 0 Å². The molecule has 2 nitrogen and oxygen atoms in total. The minimum absolute atomic E-state index is 0.132. The zero-order valence-electron chi connectivity index (χ0n) is 10.3. The summed E-state index contributed by atoms with van der Waals surface area (Å²) >= 11 is 0. The van der Waals surface area contributed by atoms with Crippen molar-refractivity contribution >= 4 is 5.69 Å². The van der Waals surface area contributed by atoms with Gasteiger partial charge in [0.25, 0.3) is 0 Å². The quantitative estimate of drug-likeness (QED) is 0.903. The fourth-order valence-corrected chi connectivity index (χ4v) is 2.60. The molecule has 1 atom stereocenters. The van der Waals surface area contributed by atoms with Crippen LogP contribution in [-0.4, -0.2) is 19.6 Å². The number of nitrogens with two attached hydrogens (primary N) is 1. The second-order valence-corrected chi connectivity index (χ2v) is 4.70. The first-order chi connectivity index (χ1) is 8.45. The molecule has 0 saturated heterocycles. The highest BCUT2D eigenvalue weighted by atomic mass is 19.4. The number of alkyl halides is 3. The first-order valence-corrected chi connectivity index (χ1v) is 6.07. The molecular weight excluding hydrogens is 241 g/mol. The Kier molecular flexibility index (Phi) is 3.52. The predicted octanol–water partition coefficient (Wildman–Crippen LogP) is 2.81. The Balaban J connectivity index is 2.30. The zero-order valence-corrected chi connectivity index (χ0v) is 10.3. The van der Waals surface area contributed by atoms with Crippen molar-refractivity contribution in [3.8, 4) is 0 Å². The first-order valence-electron chi connectivity index (χ1n) is 6.07. The molecule has 100 valence electrons. The van der Waals surface area contributed by atoms with Gasteiger partial charge in [-0.15, -0.1) is 0 Å². The minimum atomic E-state index is -4.27. The number of nitrogens with zero attached hydrogens (tertiary/aromatic N) is 1. The summed E-state index contributed by atoms with van der Waals surface area (Å²) in [5, 5.41) is 0. The van der Waals surface area contributed by atoms with Crippen LogP contribution in [0.25, 0.3) is 0 Å². The molecule has 0 amide bonds. The van der Waals surface area contributed by atoms with E-state index < -0.39 is 11.7 Å². The van der Waals surface area contributed by atoms with Crippen LogP contribution in [0.3, 0.4) is 0 Å². The van der Waals surface area contributed by atoms with E-state index in [1.54, 1.807) is 6.07 Å². The number of rotatable bonds is 3. The maximum Gasteiger partial charge on any atom is 0.416 e. The molecule has 0 fully saturated rings. The van der Waals surface area contributed by atoms with Gasteiger partial charge < -0.3 is 10.6 Å². The summed E-state index contributed by atoms with van der Waals surface area (Å²) in [4.78, 5) is 1.94. The largest absolute Gasteiger partial charge is 0.416 e. The average Bonchev–Trinajstić information content (AvgIpc) is 2.62. The standard InChI is InChI=1S/C13H17F3N2/c1-18-9(4-3-7-17)8-10-11(13(14,15)16)5-2-6-12(10)18/h2,5-6,9H,3-4,7-8,17H2,1H3. The van der Waals surface area contributed by atoms with Crippen molar-refractivity contribution in [2.75, 3.05) is 18.5 Å². The van der Waals surface area contributed by atoms with Crippen molar-refractivity contribution in [1.29, 1.82) is 0 Å². The Labute approximate surface area is 105 Å². The van der Waals surface area contributed by atoms with Crippen LogP contribution in [0.2, 0.25) is 0 Å². The highest BCUT2D eigenvalue weighted by molar-refractivity contribution is 5.62. The summed E-state index contributed by atoms with van der Waals surface area (Å²) < 4.78 is 38.7. The van der Waals surface area contributed by atoms with Gasteiger partial charge in [-0.05, 0) is 43.5 Å². The van der Waals surface area contributed by atoms with E-state index in [0.29, 0.717) is 24.2 Å². The molecule has 0 spiro atoms. The van der Waals surface area contributed by atoms with E-state index in [0.717, 1.165) is 18.9 Å². The Morgan fingerprint density at radius 1 is 1.39 bits per heavy atom. The van der Waals surface area contributed by atoms with E-state index in [-0.39, 0.29) is 6.04 Å². The number of fused-ring (bicyclic) bond motifs is 1. The molecule has 0 bridgehead atoms. The molecule has 1 aromatic carbocycles. The van der Waals surface area contributed by atoms with Crippen molar-refractivity contribution < 1.29 is 13.2 Å². The normalized spacial score (nSPS) is 19.2. The van der Waals surface area contributed by atoms with Crippen molar-refractivity contribution in [3.05, 3.63) is 29.3 Å². The molecule has 1 aliphatic rings. The molecule has 1 aliphatic heterocycles. The average molecular weight is 258 g/mol. The molecular formula is C13H17F3N2. The molecule has 0 aliphatic carbocycles. The van der Waals surface area contributed by atoms with Crippen LogP contribution in [0.15, 0.2) is 18.2 Å². The van der Waals surface area contributed by atoms with Crippen LogP contribution in [-0.2, 0) is 12.6 Å². The van der Waals surface area contributed by atoms with Gasteiger partial charge in [-0.1, -0.05) is 6.07 Å². The number of halogens is 3. The SMILES string of the molecule is CN1c2cccc(C(F)(F)F)c2CC1CCCN. The van der Waals surface area contributed by atoms with E-state index >= 15 is 0 Å². The Bertz CT molecular complexity index is 429. The summed E-state index contributed by atoms with van der Waals surface area (Å²) in [5.41, 5.74) is 6.09. The number of hydrogen-bond acceptors (Lipinski definition) is 2. The molecule has 1 unspecified atom stereocenters. The van der Waals surface area contributed by atoms with Gasteiger partial charge in [0.15, 0.2) is 0 Å². The second kappa shape index (κ2) is 4.80. The molecule has 2 rings (SSSR count). The van der Waals surface area contributed by atoms with Crippen LogP contribution in [0.4, 0.5) is 18.9 Å². The van der Waals surface area contributed by atoms with Crippen LogP contribution >= 0.6 is 0 Å². The second-order valence-electron chi connectivity index (χ2n) is 4.70. The number of benzene rings is 1. The summed E-state index contributed by atoms with van der Waals surface area (Å²) in [6.07, 6.45) is -2.14. The molecule has 18 heavy (non-hydrogen) atoms. The number of anilines is 1. The Morgan fingerprint density at radius 3 is 2.72 bits per heavy atom. The predicted molar refractivity (Wildman–Crippen MR) is 65.6 cm³/mol. The maximum atomic E-state index is 12.9. The first kappa shape index (κ1) is 13.2. The lowest BCUT2D eigenvalue weighted by atomic mass is 10.0. The van der Waals surface area contributed by atoms with E-state index in [1.165, 1.54) is 6.07 Å².